The van der Waals surface area contributed by atoms with E-state index >= 15 is 0 Å². The molecule has 1 aliphatic rings. The number of ether oxygens (including phenoxy) is 1. The van der Waals surface area contributed by atoms with Crippen LogP contribution in [0.1, 0.15) is 18.4 Å². The zero-order valence-electron chi connectivity index (χ0n) is 11.0. The smallest absolute Gasteiger partial charge is 0.0618 e. The summed E-state index contributed by atoms with van der Waals surface area (Å²) in [5, 5.41) is 13.0. The molecule has 0 saturated heterocycles. The van der Waals surface area contributed by atoms with Crippen LogP contribution in [0.2, 0.25) is 0 Å². The first-order chi connectivity index (χ1) is 8.83. The van der Waals surface area contributed by atoms with E-state index in [9.17, 15) is 5.11 Å². The van der Waals surface area contributed by atoms with Gasteiger partial charge in [0.2, 0.25) is 0 Å². The van der Waals surface area contributed by atoms with Gasteiger partial charge in [-0.3, -0.25) is 0 Å². The van der Waals surface area contributed by atoms with Crippen molar-refractivity contribution in [3.8, 4) is 0 Å². The highest BCUT2D eigenvalue weighted by atomic mass is 16.5. The minimum Gasteiger partial charge on any atom is -0.395 e. The molecule has 1 aromatic rings. The molecule has 2 N–H and O–H groups in total. The van der Waals surface area contributed by atoms with Crippen molar-refractivity contribution in [1.29, 1.82) is 0 Å². The van der Waals surface area contributed by atoms with Crippen LogP contribution in [0.5, 0.6) is 0 Å². The number of aliphatic hydroxyl groups is 1. The van der Waals surface area contributed by atoms with E-state index in [2.05, 4.69) is 17.4 Å². The van der Waals surface area contributed by atoms with Crippen LogP contribution >= 0.6 is 0 Å². The number of hydrogen-bond donors (Lipinski definition) is 2. The molecule has 1 fully saturated rings. The molecule has 0 aliphatic heterocycles. The van der Waals surface area contributed by atoms with Gasteiger partial charge < -0.3 is 15.2 Å². The minimum atomic E-state index is 0.119. The molecule has 2 atom stereocenters. The topological polar surface area (TPSA) is 41.5 Å². The lowest BCUT2D eigenvalue weighted by Crippen LogP contribution is -2.45. The summed E-state index contributed by atoms with van der Waals surface area (Å²) in [6.07, 6.45) is 3.43. The van der Waals surface area contributed by atoms with Gasteiger partial charge in [0.1, 0.15) is 0 Å². The van der Waals surface area contributed by atoms with Gasteiger partial charge in [0.25, 0.3) is 0 Å². The van der Waals surface area contributed by atoms with E-state index in [4.69, 9.17) is 4.74 Å². The lowest BCUT2D eigenvalue weighted by atomic mass is 10.0. The SMILES string of the molecule is COCC(N[C@H](CO)Cc1ccccc1)C1CC1. The van der Waals surface area contributed by atoms with Crippen molar-refractivity contribution in [3.63, 3.8) is 0 Å². The Balaban J connectivity index is 1.87. The van der Waals surface area contributed by atoms with Crippen LogP contribution in [0.4, 0.5) is 0 Å². The summed E-state index contributed by atoms with van der Waals surface area (Å²) < 4.78 is 5.26. The summed E-state index contributed by atoms with van der Waals surface area (Å²) in [6.45, 7) is 0.901. The molecule has 0 heterocycles. The predicted molar refractivity (Wildman–Crippen MR) is 72.5 cm³/mol. The lowest BCUT2D eigenvalue weighted by molar-refractivity contribution is 0.139. The Morgan fingerprint density at radius 1 is 1.33 bits per heavy atom. The highest BCUT2D eigenvalue weighted by Crippen LogP contribution is 2.33. The Kier molecular flexibility index (Phi) is 5.17. The molecule has 1 unspecified atom stereocenters. The minimum absolute atomic E-state index is 0.119. The van der Waals surface area contributed by atoms with Gasteiger partial charge in [-0.1, -0.05) is 30.3 Å². The van der Waals surface area contributed by atoms with Gasteiger partial charge in [-0.05, 0) is 30.7 Å². The van der Waals surface area contributed by atoms with Gasteiger partial charge in [-0.15, -0.1) is 0 Å². The monoisotopic (exact) mass is 249 g/mol. The van der Waals surface area contributed by atoms with Crippen LogP contribution in [0, 0.1) is 5.92 Å². The summed E-state index contributed by atoms with van der Waals surface area (Å²) >= 11 is 0. The van der Waals surface area contributed by atoms with Crippen LogP contribution in [0.3, 0.4) is 0 Å². The zero-order valence-corrected chi connectivity index (χ0v) is 11.0. The van der Waals surface area contributed by atoms with Crippen molar-refractivity contribution < 1.29 is 9.84 Å². The van der Waals surface area contributed by atoms with Crippen LogP contribution in [0.15, 0.2) is 30.3 Å². The normalized spacial score (nSPS) is 18.6. The molecule has 0 bridgehead atoms. The fraction of sp³-hybridized carbons (Fsp3) is 0.600. The van der Waals surface area contributed by atoms with E-state index in [1.165, 1.54) is 18.4 Å². The molecule has 0 radical (unpaired) electrons. The van der Waals surface area contributed by atoms with E-state index in [1.807, 2.05) is 18.2 Å². The molecule has 0 amide bonds. The van der Waals surface area contributed by atoms with Crippen molar-refractivity contribution in [2.24, 2.45) is 5.92 Å². The average Bonchev–Trinajstić information content (AvgIpc) is 3.22. The van der Waals surface area contributed by atoms with Crippen molar-refractivity contribution >= 4 is 0 Å². The van der Waals surface area contributed by atoms with E-state index in [0.717, 1.165) is 18.9 Å². The molecule has 1 aliphatic carbocycles. The summed E-state index contributed by atoms with van der Waals surface area (Å²) in [4.78, 5) is 0. The van der Waals surface area contributed by atoms with E-state index in [1.54, 1.807) is 7.11 Å². The standard InChI is InChI=1S/C15H23NO2/c1-18-11-15(13-7-8-13)16-14(10-17)9-12-5-3-2-4-6-12/h2-6,13-17H,7-11H2,1H3/t14-,15?/m0/s1. The first-order valence-electron chi connectivity index (χ1n) is 6.73. The van der Waals surface area contributed by atoms with Crippen molar-refractivity contribution in [1.82, 2.24) is 5.32 Å². The molecule has 0 aromatic heterocycles. The second-order valence-electron chi connectivity index (χ2n) is 5.14. The number of nitrogens with one attached hydrogen (secondary N) is 1. The fourth-order valence-electron chi connectivity index (χ4n) is 2.38. The molecular weight excluding hydrogens is 226 g/mol. The largest absolute Gasteiger partial charge is 0.395 e. The second-order valence-corrected chi connectivity index (χ2v) is 5.14. The van der Waals surface area contributed by atoms with Crippen LogP contribution in [0.25, 0.3) is 0 Å². The summed E-state index contributed by atoms with van der Waals surface area (Å²) in [6, 6.07) is 10.8. The maximum Gasteiger partial charge on any atom is 0.0618 e. The summed E-state index contributed by atoms with van der Waals surface area (Å²) in [5.41, 5.74) is 1.26. The van der Waals surface area contributed by atoms with Crippen molar-refractivity contribution in [2.75, 3.05) is 20.3 Å². The first kappa shape index (κ1) is 13.5. The number of benzene rings is 1. The molecular formula is C15H23NO2. The maximum atomic E-state index is 9.50. The van der Waals surface area contributed by atoms with Gasteiger partial charge >= 0.3 is 0 Å². The van der Waals surface area contributed by atoms with Gasteiger partial charge in [-0.25, -0.2) is 0 Å². The number of aliphatic hydroxyl groups excluding tert-OH is 1. The number of methoxy groups -OCH3 is 1. The maximum absolute atomic E-state index is 9.50. The summed E-state index contributed by atoms with van der Waals surface area (Å²) in [5.74, 6) is 0.731. The van der Waals surface area contributed by atoms with Gasteiger partial charge in [0.15, 0.2) is 0 Å². The Labute approximate surface area is 109 Å². The predicted octanol–water partition coefficient (Wildman–Crippen LogP) is 1.60. The number of rotatable bonds is 8. The Morgan fingerprint density at radius 2 is 2.06 bits per heavy atom. The lowest BCUT2D eigenvalue weighted by Gasteiger charge is -2.24. The molecule has 100 valence electrons. The van der Waals surface area contributed by atoms with E-state index in [-0.39, 0.29) is 12.6 Å². The van der Waals surface area contributed by atoms with Gasteiger partial charge in [-0.2, -0.15) is 0 Å². The molecule has 3 nitrogen and oxygen atoms in total. The fourth-order valence-corrected chi connectivity index (χ4v) is 2.38. The third-order valence-corrected chi connectivity index (χ3v) is 3.53. The van der Waals surface area contributed by atoms with Crippen LogP contribution in [-0.2, 0) is 11.2 Å². The third kappa shape index (κ3) is 4.09. The van der Waals surface area contributed by atoms with E-state index < -0.39 is 0 Å². The molecule has 3 heteroatoms. The Morgan fingerprint density at radius 3 is 2.61 bits per heavy atom. The van der Waals surface area contributed by atoms with Gasteiger partial charge in [0.05, 0.1) is 13.2 Å². The Bertz CT molecular complexity index is 338. The van der Waals surface area contributed by atoms with E-state index in [0.29, 0.717) is 6.04 Å². The van der Waals surface area contributed by atoms with Crippen molar-refractivity contribution in [3.05, 3.63) is 35.9 Å². The molecule has 0 spiro atoms. The van der Waals surface area contributed by atoms with Crippen molar-refractivity contribution in [2.45, 2.75) is 31.3 Å². The molecule has 1 saturated carbocycles. The number of hydrogen-bond acceptors (Lipinski definition) is 3. The highest BCUT2D eigenvalue weighted by molar-refractivity contribution is 5.16. The second kappa shape index (κ2) is 6.88. The Hall–Kier alpha value is -0.900. The quantitative estimate of drug-likeness (QED) is 0.735. The van der Waals surface area contributed by atoms with Crippen LogP contribution in [-0.4, -0.2) is 37.5 Å². The highest BCUT2D eigenvalue weighted by Gasteiger charge is 2.32. The molecule has 18 heavy (non-hydrogen) atoms. The first-order valence-corrected chi connectivity index (χ1v) is 6.73. The molecule has 1 aromatic carbocycles. The third-order valence-electron chi connectivity index (χ3n) is 3.53. The van der Waals surface area contributed by atoms with Gasteiger partial charge in [0, 0.05) is 19.2 Å². The molecule has 2 rings (SSSR count). The zero-order chi connectivity index (χ0) is 12.8. The van der Waals surface area contributed by atoms with Crippen LogP contribution < -0.4 is 5.32 Å². The average molecular weight is 249 g/mol. The summed E-state index contributed by atoms with van der Waals surface area (Å²) in [7, 11) is 1.74.